The van der Waals surface area contributed by atoms with Crippen LogP contribution in [0.25, 0.3) is 5.69 Å². The summed E-state index contributed by atoms with van der Waals surface area (Å²) in [5.41, 5.74) is 0.580. The van der Waals surface area contributed by atoms with Gasteiger partial charge in [-0.3, -0.25) is 4.79 Å². The summed E-state index contributed by atoms with van der Waals surface area (Å²) in [6.45, 7) is 5.39. The number of rotatable bonds is 3. The highest BCUT2D eigenvalue weighted by Gasteiger charge is 2.33. The van der Waals surface area contributed by atoms with Crippen LogP contribution in [0.1, 0.15) is 55.5 Å². The van der Waals surface area contributed by atoms with E-state index in [0.717, 1.165) is 19.4 Å². The Morgan fingerprint density at radius 2 is 2.08 bits per heavy atom. The minimum atomic E-state index is -0.338. The molecule has 1 aromatic heterocycles. The Bertz CT molecular complexity index is 818. The molecule has 0 aliphatic carbocycles. The van der Waals surface area contributed by atoms with Crippen LogP contribution >= 0.6 is 0 Å². The van der Waals surface area contributed by atoms with Crippen LogP contribution < -0.4 is 5.32 Å². The minimum Gasteiger partial charge on any atom is -0.334 e. The Balaban J connectivity index is 1.64. The van der Waals surface area contributed by atoms with Gasteiger partial charge in [0.1, 0.15) is 11.6 Å². The molecule has 2 aromatic rings. The number of aromatic nitrogens is 3. The molecule has 0 spiro atoms. The second kappa shape index (κ2) is 6.79. The first-order valence-corrected chi connectivity index (χ1v) is 9.29. The standard InChI is InChI=1S/C19H24FN5O/c1-12(2)18-22-17(23-25(18)16-5-3-4-13(20)10-16)19(26)24-9-8-14-6-7-15(11-24)21-14/h3-5,10,12,14-15,21H,6-9,11H2,1-2H3. The molecule has 2 unspecified atom stereocenters. The summed E-state index contributed by atoms with van der Waals surface area (Å²) in [5.74, 6) is 0.435. The number of nitrogens with one attached hydrogen (secondary N) is 1. The average molecular weight is 357 g/mol. The van der Waals surface area contributed by atoms with Crippen LogP contribution in [0.4, 0.5) is 4.39 Å². The maximum Gasteiger partial charge on any atom is 0.293 e. The fourth-order valence-corrected chi connectivity index (χ4v) is 3.86. The molecule has 2 fully saturated rings. The summed E-state index contributed by atoms with van der Waals surface area (Å²) in [4.78, 5) is 19.4. The van der Waals surface area contributed by atoms with Crippen LogP contribution in [0.3, 0.4) is 0 Å². The number of halogens is 1. The second-order valence-corrected chi connectivity index (χ2v) is 7.52. The molecule has 3 heterocycles. The van der Waals surface area contributed by atoms with E-state index in [-0.39, 0.29) is 23.5 Å². The van der Waals surface area contributed by atoms with Gasteiger partial charge < -0.3 is 10.2 Å². The van der Waals surface area contributed by atoms with Gasteiger partial charge in [0.15, 0.2) is 0 Å². The summed E-state index contributed by atoms with van der Waals surface area (Å²) in [5, 5.41) is 8.01. The number of hydrogen-bond acceptors (Lipinski definition) is 4. The van der Waals surface area contributed by atoms with Crippen LogP contribution in [0, 0.1) is 5.82 Å². The summed E-state index contributed by atoms with van der Waals surface area (Å²) < 4.78 is 15.2. The molecular formula is C19H24FN5O. The normalized spacial score (nSPS) is 22.7. The predicted molar refractivity (Wildman–Crippen MR) is 95.9 cm³/mol. The Kier molecular flexibility index (Phi) is 4.48. The van der Waals surface area contributed by atoms with Crippen molar-refractivity contribution in [3.05, 3.63) is 41.7 Å². The molecule has 1 aromatic carbocycles. The molecule has 0 saturated carbocycles. The lowest BCUT2D eigenvalue weighted by Crippen LogP contribution is -2.39. The molecular weight excluding hydrogens is 333 g/mol. The number of carbonyl (C=O) groups excluding carboxylic acids is 1. The first-order chi connectivity index (χ1) is 12.5. The highest BCUT2D eigenvalue weighted by molar-refractivity contribution is 5.90. The number of likely N-dealkylation sites (tertiary alicyclic amines) is 1. The molecule has 7 heteroatoms. The fraction of sp³-hybridized carbons (Fsp3) is 0.526. The quantitative estimate of drug-likeness (QED) is 0.917. The zero-order valence-corrected chi connectivity index (χ0v) is 15.2. The average Bonchev–Trinajstić information content (AvgIpc) is 3.18. The van der Waals surface area contributed by atoms with Crippen molar-refractivity contribution in [3.63, 3.8) is 0 Å². The van der Waals surface area contributed by atoms with Crippen molar-refractivity contribution in [3.8, 4) is 5.69 Å². The molecule has 2 aliphatic rings. The summed E-state index contributed by atoms with van der Waals surface area (Å²) in [7, 11) is 0. The topological polar surface area (TPSA) is 63.1 Å². The molecule has 2 atom stereocenters. The van der Waals surface area contributed by atoms with E-state index in [1.54, 1.807) is 16.8 Å². The lowest BCUT2D eigenvalue weighted by molar-refractivity contribution is 0.0736. The molecule has 4 rings (SSSR count). The number of amides is 1. The molecule has 1 amide bonds. The Hall–Kier alpha value is -2.28. The van der Waals surface area contributed by atoms with Gasteiger partial charge in [0.25, 0.3) is 5.91 Å². The summed E-state index contributed by atoms with van der Waals surface area (Å²) >= 11 is 0. The Labute approximate surface area is 152 Å². The van der Waals surface area contributed by atoms with Gasteiger partial charge in [-0.2, -0.15) is 0 Å². The van der Waals surface area contributed by atoms with Crippen molar-refractivity contribution in [2.75, 3.05) is 13.1 Å². The monoisotopic (exact) mass is 357 g/mol. The molecule has 2 bridgehead atoms. The van der Waals surface area contributed by atoms with Crippen LogP contribution in [0.2, 0.25) is 0 Å². The zero-order valence-electron chi connectivity index (χ0n) is 15.2. The number of hydrogen-bond donors (Lipinski definition) is 1. The van der Waals surface area contributed by atoms with Gasteiger partial charge in [0.2, 0.25) is 5.82 Å². The van der Waals surface area contributed by atoms with Gasteiger partial charge in [-0.25, -0.2) is 14.1 Å². The number of carbonyl (C=O) groups is 1. The van der Waals surface area contributed by atoms with Gasteiger partial charge in [-0.05, 0) is 37.5 Å². The van der Waals surface area contributed by atoms with Crippen LogP contribution in [-0.2, 0) is 0 Å². The van der Waals surface area contributed by atoms with Crippen LogP contribution in [0.15, 0.2) is 24.3 Å². The van der Waals surface area contributed by atoms with Crippen molar-refractivity contribution in [1.82, 2.24) is 25.0 Å². The smallest absolute Gasteiger partial charge is 0.293 e. The second-order valence-electron chi connectivity index (χ2n) is 7.52. The maximum absolute atomic E-state index is 13.6. The first kappa shape index (κ1) is 17.1. The zero-order chi connectivity index (χ0) is 18.3. The van der Waals surface area contributed by atoms with E-state index in [9.17, 15) is 9.18 Å². The van der Waals surface area contributed by atoms with E-state index >= 15 is 0 Å². The van der Waals surface area contributed by atoms with Crippen LogP contribution in [0.5, 0.6) is 0 Å². The molecule has 6 nitrogen and oxygen atoms in total. The molecule has 2 aliphatic heterocycles. The third kappa shape index (κ3) is 3.23. The van der Waals surface area contributed by atoms with Gasteiger partial charge in [0.05, 0.1) is 5.69 Å². The third-order valence-corrected chi connectivity index (χ3v) is 5.20. The minimum absolute atomic E-state index is 0.0640. The van der Waals surface area contributed by atoms with E-state index in [4.69, 9.17) is 0 Å². The Morgan fingerprint density at radius 3 is 2.85 bits per heavy atom. The number of benzene rings is 1. The number of fused-ring (bicyclic) bond motifs is 2. The van der Waals surface area contributed by atoms with Crippen molar-refractivity contribution in [2.45, 2.75) is 51.1 Å². The van der Waals surface area contributed by atoms with Gasteiger partial charge in [-0.1, -0.05) is 19.9 Å². The summed E-state index contributed by atoms with van der Waals surface area (Å²) in [6.07, 6.45) is 3.26. The van der Waals surface area contributed by atoms with E-state index in [2.05, 4.69) is 15.4 Å². The lowest BCUT2D eigenvalue weighted by Gasteiger charge is -2.22. The van der Waals surface area contributed by atoms with Crippen LogP contribution in [-0.4, -0.2) is 50.7 Å². The van der Waals surface area contributed by atoms with E-state index < -0.39 is 0 Å². The van der Waals surface area contributed by atoms with Gasteiger partial charge in [0, 0.05) is 31.1 Å². The van der Waals surface area contributed by atoms with E-state index in [1.807, 2.05) is 18.7 Å². The fourth-order valence-electron chi connectivity index (χ4n) is 3.86. The van der Waals surface area contributed by atoms with E-state index in [0.29, 0.717) is 30.1 Å². The lowest BCUT2D eigenvalue weighted by atomic mass is 10.1. The molecule has 26 heavy (non-hydrogen) atoms. The van der Waals surface area contributed by atoms with Crippen molar-refractivity contribution in [2.24, 2.45) is 0 Å². The SMILES string of the molecule is CC(C)c1nc(C(=O)N2CCC3CCC(C2)N3)nn1-c1cccc(F)c1. The van der Waals surface area contributed by atoms with E-state index in [1.165, 1.54) is 18.6 Å². The highest BCUT2D eigenvalue weighted by atomic mass is 19.1. The third-order valence-electron chi connectivity index (χ3n) is 5.20. The molecule has 138 valence electrons. The van der Waals surface area contributed by atoms with Gasteiger partial charge in [-0.15, -0.1) is 5.10 Å². The van der Waals surface area contributed by atoms with Crippen molar-refractivity contribution in [1.29, 1.82) is 0 Å². The molecule has 0 radical (unpaired) electrons. The first-order valence-electron chi connectivity index (χ1n) is 9.29. The summed E-state index contributed by atoms with van der Waals surface area (Å²) in [6, 6.07) is 7.08. The maximum atomic E-state index is 13.6. The number of nitrogens with zero attached hydrogens (tertiary/aromatic N) is 4. The predicted octanol–water partition coefficient (Wildman–Crippen LogP) is 2.50. The van der Waals surface area contributed by atoms with Gasteiger partial charge >= 0.3 is 0 Å². The molecule has 1 N–H and O–H groups in total. The molecule has 2 saturated heterocycles. The highest BCUT2D eigenvalue weighted by Crippen LogP contribution is 2.23. The Morgan fingerprint density at radius 1 is 1.27 bits per heavy atom. The largest absolute Gasteiger partial charge is 0.334 e. The van der Waals surface area contributed by atoms with Crippen molar-refractivity contribution < 1.29 is 9.18 Å². The van der Waals surface area contributed by atoms with Crippen molar-refractivity contribution >= 4 is 5.91 Å².